The van der Waals surface area contributed by atoms with Gasteiger partial charge in [0.15, 0.2) is 0 Å². The molecule has 12 heavy (non-hydrogen) atoms. The predicted octanol–water partition coefficient (Wildman–Crippen LogP) is 3.77. The molecule has 0 aromatic carbocycles. The van der Waals surface area contributed by atoms with Gasteiger partial charge in [-0.3, -0.25) is 0 Å². The van der Waals surface area contributed by atoms with Gasteiger partial charge in [-0.2, -0.15) is 0 Å². The van der Waals surface area contributed by atoms with Crippen molar-refractivity contribution in [3.05, 3.63) is 11.6 Å². The molecule has 0 spiro atoms. The molecule has 1 saturated carbocycles. The first kappa shape index (κ1) is 10.3. The normalized spacial score (nSPS) is 21.0. The van der Waals surface area contributed by atoms with Crippen molar-refractivity contribution in [2.75, 3.05) is 0 Å². The number of thiocarbonyl (C=S) groups is 1. The van der Waals surface area contributed by atoms with Crippen LogP contribution < -0.4 is 0 Å². The zero-order valence-electron chi connectivity index (χ0n) is 7.55. The van der Waals surface area contributed by atoms with Gasteiger partial charge in [-0.25, -0.2) is 0 Å². The summed E-state index contributed by atoms with van der Waals surface area (Å²) in [5.74, 6) is 0.781. The second-order valence-electron chi connectivity index (χ2n) is 3.56. The third kappa shape index (κ3) is 3.28. The monoisotopic (exact) mass is 200 g/mol. The Hall–Kier alpha value is 0.180. The molecule has 68 valence electrons. The topological polar surface area (TPSA) is 0 Å². The van der Waals surface area contributed by atoms with E-state index < -0.39 is 0 Å². The molecule has 0 aromatic heterocycles. The highest BCUT2D eigenvalue weighted by Crippen LogP contribution is 2.29. The number of hydrogen-bond acceptors (Lipinski definition) is 1. The number of allylic oxidation sites excluding steroid dienone is 1. The second kappa shape index (κ2) is 5.03. The summed E-state index contributed by atoms with van der Waals surface area (Å²) in [7, 11) is 0. The van der Waals surface area contributed by atoms with E-state index in [-0.39, 0.29) is 0 Å². The molecule has 0 unspecified atom stereocenters. The van der Waals surface area contributed by atoms with Gasteiger partial charge >= 0.3 is 0 Å². The fraction of sp³-hybridized carbons (Fsp3) is 0.700. The van der Waals surface area contributed by atoms with Crippen LogP contribution in [0.15, 0.2) is 11.6 Å². The van der Waals surface area contributed by atoms with E-state index in [0.29, 0.717) is 0 Å². The molecule has 0 heterocycles. The second-order valence-corrected chi connectivity index (χ2v) is 4.79. The van der Waals surface area contributed by atoms with Gasteiger partial charge in [-0.1, -0.05) is 37.1 Å². The third-order valence-electron chi connectivity index (χ3n) is 2.60. The Labute approximate surface area is 85.8 Å². The zero-order chi connectivity index (χ0) is 8.97. The highest BCUT2D eigenvalue weighted by atomic mass is 32.1. The molecule has 0 bridgehead atoms. The van der Waals surface area contributed by atoms with E-state index in [2.05, 4.69) is 19.6 Å². The zero-order valence-corrected chi connectivity index (χ0v) is 9.26. The molecule has 1 rings (SSSR count). The van der Waals surface area contributed by atoms with Gasteiger partial charge in [0.2, 0.25) is 0 Å². The lowest BCUT2D eigenvalue weighted by Gasteiger charge is -2.22. The van der Waals surface area contributed by atoms with Crippen molar-refractivity contribution >= 4 is 29.0 Å². The molecule has 1 fully saturated rings. The van der Waals surface area contributed by atoms with Crippen LogP contribution in [0.4, 0.5) is 0 Å². The largest absolute Gasteiger partial charge is 0.132 e. The SMILES string of the molecule is C/C(=C/C(=S)S)C1CCCCC1. The maximum Gasteiger partial charge on any atom is 0.0674 e. The Morgan fingerprint density at radius 1 is 1.33 bits per heavy atom. The molecular formula is C10H16S2. The van der Waals surface area contributed by atoms with Gasteiger partial charge < -0.3 is 0 Å². The molecule has 2 heteroatoms. The third-order valence-corrected chi connectivity index (χ3v) is 2.85. The minimum Gasteiger partial charge on any atom is -0.132 e. The lowest BCUT2D eigenvalue weighted by atomic mass is 9.84. The Morgan fingerprint density at radius 3 is 2.42 bits per heavy atom. The lowest BCUT2D eigenvalue weighted by Crippen LogP contribution is -2.07. The van der Waals surface area contributed by atoms with Crippen LogP contribution in [-0.2, 0) is 0 Å². The quantitative estimate of drug-likeness (QED) is 0.402. The van der Waals surface area contributed by atoms with Crippen LogP contribution in [0.5, 0.6) is 0 Å². The smallest absolute Gasteiger partial charge is 0.0674 e. The highest BCUT2D eigenvalue weighted by molar-refractivity contribution is 8.11. The molecule has 0 amide bonds. The van der Waals surface area contributed by atoms with Crippen LogP contribution in [0, 0.1) is 5.92 Å². The van der Waals surface area contributed by atoms with Gasteiger partial charge in [-0.05, 0) is 31.8 Å². The Morgan fingerprint density at radius 2 is 1.92 bits per heavy atom. The maximum atomic E-state index is 4.93. The molecule has 0 atom stereocenters. The summed E-state index contributed by atoms with van der Waals surface area (Å²) in [6.45, 7) is 2.18. The summed E-state index contributed by atoms with van der Waals surface area (Å²) < 4.78 is 0.720. The minimum atomic E-state index is 0.720. The molecule has 0 nitrogen and oxygen atoms in total. The predicted molar refractivity (Wildman–Crippen MR) is 61.9 cm³/mol. The maximum absolute atomic E-state index is 4.93. The van der Waals surface area contributed by atoms with E-state index in [4.69, 9.17) is 12.2 Å². The van der Waals surface area contributed by atoms with Crippen molar-refractivity contribution in [3.8, 4) is 0 Å². The summed E-state index contributed by atoms with van der Waals surface area (Å²) in [6.07, 6.45) is 8.91. The minimum absolute atomic E-state index is 0.720. The van der Waals surface area contributed by atoms with Crippen LogP contribution in [0.25, 0.3) is 0 Å². The molecule has 0 saturated heterocycles. The number of hydrogen-bond donors (Lipinski definition) is 1. The molecule has 1 aliphatic carbocycles. The average molecular weight is 200 g/mol. The molecule has 0 aromatic rings. The van der Waals surface area contributed by atoms with Gasteiger partial charge in [0.25, 0.3) is 0 Å². The first-order valence-electron chi connectivity index (χ1n) is 4.61. The van der Waals surface area contributed by atoms with E-state index in [0.717, 1.165) is 10.1 Å². The van der Waals surface area contributed by atoms with Crippen LogP contribution in [0.1, 0.15) is 39.0 Å². The van der Waals surface area contributed by atoms with Crippen molar-refractivity contribution in [2.24, 2.45) is 5.92 Å². The summed E-state index contributed by atoms with van der Waals surface area (Å²) in [5, 5.41) is 0. The van der Waals surface area contributed by atoms with Gasteiger partial charge in [0.05, 0.1) is 4.20 Å². The average Bonchev–Trinajstić information content (AvgIpc) is 2.05. The number of thiol groups is 1. The van der Waals surface area contributed by atoms with Crippen LogP contribution in [-0.4, -0.2) is 4.20 Å². The van der Waals surface area contributed by atoms with Crippen molar-refractivity contribution in [1.29, 1.82) is 0 Å². The number of rotatable bonds is 2. The van der Waals surface area contributed by atoms with E-state index in [1.807, 2.05) is 6.08 Å². The van der Waals surface area contributed by atoms with Crippen LogP contribution in [0.3, 0.4) is 0 Å². The fourth-order valence-corrected chi connectivity index (χ4v) is 2.26. The van der Waals surface area contributed by atoms with Crippen LogP contribution in [0.2, 0.25) is 0 Å². The molecular weight excluding hydrogens is 184 g/mol. The lowest BCUT2D eigenvalue weighted by molar-refractivity contribution is 0.403. The summed E-state index contributed by atoms with van der Waals surface area (Å²) in [5.41, 5.74) is 1.43. The summed E-state index contributed by atoms with van der Waals surface area (Å²) >= 11 is 9.04. The van der Waals surface area contributed by atoms with Gasteiger partial charge in [0.1, 0.15) is 0 Å². The van der Waals surface area contributed by atoms with Gasteiger partial charge in [0, 0.05) is 0 Å². The van der Waals surface area contributed by atoms with E-state index in [1.54, 1.807) is 0 Å². The Bertz CT molecular complexity index is 188. The fourth-order valence-electron chi connectivity index (χ4n) is 1.87. The van der Waals surface area contributed by atoms with Gasteiger partial charge in [-0.15, -0.1) is 12.6 Å². The highest BCUT2D eigenvalue weighted by Gasteiger charge is 2.14. The van der Waals surface area contributed by atoms with Crippen molar-refractivity contribution < 1.29 is 0 Å². The Balaban J connectivity index is 2.49. The van der Waals surface area contributed by atoms with Crippen molar-refractivity contribution in [1.82, 2.24) is 0 Å². The summed E-state index contributed by atoms with van der Waals surface area (Å²) in [4.78, 5) is 0. The van der Waals surface area contributed by atoms with Crippen molar-refractivity contribution in [3.63, 3.8) is 0 Å². The molecule has 0 N–H and O–H groups in total. The molecule has 0 aliphatic heterocycles. The standard InChI is InChI=1S/C10H16S2/c1-8(7-10(11)12)9-5-3-2-4-6-9/h7,9H,2-6H2,1H3,(H,11,12)/b8-7-. The molecule has 1 aliphatic rings. The van der Waals surface area contributed by atoms with E-state index in [9.17, 15) is 0 Å². The van der Waals surface area contributed by atoms with Crippen LogP contribution >= 0.6 is 24.8 Å². The van der Waals surface area contributed by atoms with E-state index in [1.165, 1.54) is 37.7 Å². The molecule has 0 radical (unpaired) electrons. The Kier molecular flexibility index (Phi) is 4.30. The van der Waals surface area contributed by atoms with E-state index >= 15 is 0 Å². The first-order valence-corrected chi connectivity index (χ1v) is 5.47. The first-order chi connectivity index (χ1) is 5.70. The van der Waals surface area contributed by atoms with Crippen molar-refractivity contribution in [2.45, 2.75) is 39.0 Å². The summed E-state index contributed by atoms with van der Waals surface area (Å²) in [6, 6.07) is 0.